The Balaban J connectivity index is 1.57. The van der Waals surface area contributed by atoms with Crippen molar-refractivity contribution in [2.24, 2.45) is 0 Å². The number of carbonyl (C=O) groups is 1. The molecular formula is C17H19ClN2O3. The molecule has 3 N–H and O–H groups in total. The van der Waals surface area contributed by atoms with Crippen LogP contribution >= 0.6 is 11.6 Å². The predicted octanol–water partition coefficient (Wildman–Crippen LogP) is 3.13. The van der Waals surface area contributed by atoms with Crippen LogP contribution in [0.3, 0.4) is 0 Å². The molecule has 2 atom stereocenters. The molecule has 6 heteroatoms. The van der Waals surface area contributed by atoms with E-state index in [0.717, 1.165) is 18.4 Å². The van der Waals surface area contributed by atoms with E-state index in [2.05, 4.69) is 10.6 Å². The van der Waals surface area contributed by atoms with Crippen molar-refractivity contribution in [1.82, 2.24) is 10.6 Å². The van der Waals surface area contributed by atoms with Gasteiger partial charge in [0.25, 0.3) is 0 Å². The molecule has 0 bridgehead atoms. The van der Waals surface area contributed by atoms with Crippen molar-refractivity contribution < 1.29 is 14.3 Å². The Morgan fingerprint density at radius 2 is 2.30 bits per heavy atom. The molecule has 0 radical (unpaired) electrons. The first-order valence-electron chi connectivity index (χ1n) is 7.55. The second kappa shape index (κ2) is 6.26. The monoisotopic (exact) mass is 334 g/mol. The molecule has 1 aromatic carbocycles. The van der Waals surface area contributed by atoms with Crippen molar-refractivity contribution in [2.45, 2.75) is 31.4 Å². The van der Waals surface area contributed by atoms with E-state index in [-0.39, 0.29) is 18.6 Å². The van der Waals surface area contributed by atoms with Gasteiger partial charge in [0.1, 0.15) is 11.4 Å². The highest BCUT2D eigenvalue weighted by Gasteiger charge is 2.28. The zero-order valence-corrected chi connectivity index (χ0v) is 13.6. The summed E-state index contributed by atoms with van der Waals surface area (Å²) in [5, 5.41) is 16.7. The highest BCUT2D eigenvalue weighted by atomic mass is 35.5. The van der Waals surface area contributed by atoms with Gasteiger partial charge in [-0.15, -0.1) is 0 Å². The average molecular weight is 335 g/mol. The first-order chi connectivity index (χ1) is 11.0. The lowest BCUT2D eigenvalue weighted by Gasteiger charge is -2.22. The molecule has 0 aliphatic heterocycles. The summed E-state index contributed by atoms with van der Waals surface area (Å²) < 4.78 is 5.19. The second-order valence-electron chi connectivity index (χ2n) is 6.01. The summed E-state index contributed by atoms with van der Waals surface area (Å²) >= 11 is 5.99. The number of aliphatic hydroxyl groups is 1. The maximum Gasteiger partial charge on any atom is 0.315 e. The number of halogens is 1. The summed E-state index contributed by atoms with van der Waals surface area (Å²) in [4.78, 5) is 12.1. The molecule has 2 amide bonds. The zero-order chi connectivity index (χ0) is 16.4. The average Bonchev–Trinajstić information content (AvgIpc) is 3.16. The highest BCUT2D eigenvalue weighted by molar-refractivity contribution is 6.30. The number of hydrogen-bond donors (Lipinski definition) is 3. The molecule has 1 heterocycles. The second-order valence-corrected chi connectivity index (χ2v) is 6.45. The number of benzene rings is 1. The summed E-state index contributed by atoms with van der Waals surface area (Å²) in [5.74, 6) is 0.415. The Hall–Kier alpha value is -1.98. The van der Waals surface area contributed by atoms with Crippen LogP contribution in [0.15, 0.2) is 41.0 Å². The maximum absolute atomic E-state index is 12.1. The van der Waals surface area contributed by atoms with Gasteiger partial charge in [-0.2, -0.15) is 0 Å². The lowest BCUT2D eigenvalue weighted by Crippen LogP contribution is -2.44. The highest BCUT2D eigenvalue weighted by Crippen LogP contribution is 2.32. The molecule has 1 aliphatic carbocycles. The normalized spacial score (nSPS) is 19.0. The van der Waals surface area contributed by atoms with Gasteiger partial charge >= 0.3 is 6.03 Å². The lowest BCUT2D eigenvalue weighted by molar-refractivity contribution is 0.0366. The molecule has 122 valence electrons. The van der Waals surface area contributed by atoms with Gasteiger partial charge in [0, 0.05) is 5.02 Å². The van der Waals surface area contributed by atoms with Crippen LogP contribution in [0.2, 0.25) is 5.02 Å². The van der Waals surface area contributed by atoms with Crippen LogP contribution in [-0.2, 0) is 12.0 Å². The molecule has 0 fully saturated rings. The Kier molecular flexibility index (Phi) is 4.33. The van der Waals surface area contributed by atoms with Crippen molar-refractivity contribution in [2.75, 3.05) is 6.54 Å². The molecule has 0 saturated carbocycles. The fourth-order valence-corrected chi connectivity index (χ4v) is 3.06. The molecule has 1 aliphatic rings. The summed E-state index contributed by atoms with van der Waals surface area (Å²) in [6, 6.07) is 8.76. The third kappa shape index (κ3) is 3.51. The lowest BCUT2D eigenvalue weighted by atomic mass is 10.0. The van der Waals surface area contributed by atoms with Crippen molar-refractivity contribution in [1.29, 1.82) is 0 Å². The molecule has 2 aromatic rings. The zero-order valence-electron chi connectivity index (χ0n) is 12.8. The van der Waals surface area contributed by atoms with E-state index >= 15 is 0 Å². The van der Waals surface area contributed by atoms with Crippen molar-refractivity contribution >= 4 is 17.6 Å². The van der Waals surface area contributed by atoms with Crippen LogP contribution in [0.25, 0.3) is 0 Å². The molecule has 0 spiro atoms. The molecule has 3 rings (SSSR count). The summed E-state index contributed by atoms with van der Waals surface area (Å²) in [6.45, 7) is 1.66. The Morgan fingerprint density at radius 3 is 3.04 bits per heavy atom. The number of urea groups is 1. The summed E-state index contributed by atoms with van der Waals surface area (Å²) in [7, 11) is 0. The van der Waals surface area contributed by atoms with E-state index in [1.54, 1.807) is 19.1 Å². The van der Waals surface area contributed by atoms with Gasteiger partial charge in [0.15, 0.2) is 0 Å². The van der Waals surface area contributed by atoms with Crippen molar-refractivity contribution in [3.8, 4) is 0 Å². The minimum atomic E-state index is -1.25. The predicted molar refractivity (Wildman–Crippen MR) is 87.3 cm³/mol. The third-order valence-corrected chi connectivity index (χ3v) is 4.37. The standard InChI is InChI=1S/C17H19ClN2O3/c1-17(22,15-3-2-8-23-15)10-19-16(21)20-14-7-4-11-9-12(18)5-6-13(11)14/h2-3,5-6,8-9,14,22H,4,7,10H2,1H3,(H2,19,20,21). The van der Waals surface area contributed by atoms with Crippen LogP contribution < -0.4 is 10.6 Å². The van der Waals surface area contributed by atoms with Gasteiger partial charge in [0.05, 0.1) is 18.8 Å². The minimum Gasteiger partial charge on any atom is -0.466 e. The Labute approximate surface area is 139 Å². The van der Waals surface area contributed by atoms with E-state index in [1.807, 2.05) is 18.2 Å². The largest absolute Gasteiger partial charge is 0.466 e. The number of aryl methyl sites for hydroxylation is 1. The molecule has 23 heavy (non-hydrogen) atoms. The van der Waals surface area contributed by atoms with Gasteiger partial charge in [-0.05, 0) is 55.2 Å². The molecular weight excluding hydrogens is 316 g/mol. The van der Waals surface area contributed by atoms with Gasteiger partial charge in [-0.3, -0.25) is 0 Å². The smallest absolute Gasteiger partial charge is 0.315 e. The van der Waals surface area contributed by atoms with E-state index in [0.29, 0.717) is 10.8 Å². The minimum absolute atomic E-state index is 0.0316. The number of carbonyl (C=O) groups excluding carboxylic acids is 1. The van der Waals surface area contributed by atoms with Crippen LogP contribution in [-0.4, -0.2) is 17.7 Å². The van der Waals surface area contributed by atoms with E-state index < -0.39 is 5.60 Å². The fourth-order valence-electron chi connectivity index (χ4n) is 2.87. The van der Waals surface area contributed by atoms with E-state index in [9.17, 15) is 9.90 Å². The van der Waals surface area contributed by atoms with E-state index in [1.165, 1.54) is 11.8 Å². The number of rotatable bonds is 4. The number of fused-ring (bicyclic) bond motifs is 1. The number of hydrogen-bond acceptors (Lipinski definition) is 3. The number of amides is 2. The summed E-state index contributed by atoms with van der Waals surface area (Å²) in [6.07, 6.45) is 3.23. The van der Waals surface area contributed by atoms with Gasteiger partial charge in [-0.1, -0.05) is 17.7 Å². The van der Waals surface area contributed by atoms with Crippen LogP contribution in [0.5, 0.6) is 0 Å². The quantitative estimate of drug-likeness (QED) is 0.804. The SMILES string of the molecule is CC(O)(CNC(=O)NC1CCc2cc(Cl)ccc21)c1ccco1. The van der Waals surface area contributed by atoms with Gasteiger partial charge in [-0.25, -0.2) is 4.79 Å². The van der Waals surface area contributed by atoms with Crippen molar-refractivity contribution in [3.05, 3.63) is 58.5 Å². The molecule has 5 nitrogen and oxygen atoms in total. The van der Waals surface area contributed by atoms with Crippen molar-refractivity contribution in [3.63, 3.8) is 0 Å². The maximum atomic E-state index is 12.1. The van der Waals surface area contributed by atoms with E-state index in [4.69, 9.17) is 16.0 Å². The number of furan rings is 1. The topological polar surface area (TPSA) is 74.5 Å². The molecule has 0 saturated heterocycles. The molecule has 2 unspecified atom stereocenters. The Morgan fingerprint density at radius 1 is 1.48 bits per heavy atom. The molecule has 1 aromatic heterocycles. The first kappa shape index (κ1) is 15.9. The van der Waals surface area contributed by atoms with Gasteiger partial charge < -0.3 is 20.2 Å². The van der Waals surface area contributed by atoms with Crippen LogP contribution in [0.1, 0.15) is 36.3 Å². The summed E-state index contributed by atoms with van der Waals surface area (Å²) in [5.41, 5.74) is 1.02. The van der Waals surface area contributed by atoms with Gasteiger partial charge in [0.2, 0.25) is 0 Å². The van der Waals surface area contributed by atoms with Crippen LogP contribution in [0, 0.1) is 0 Å². The van der Waals surface area contributed by atoms with Crippen LogP contribution in [0.4, 0.5) is 4.79 Å². The fraction of sp³-hybridized carbons (Fsp3) is 0.353. The third-order valence-electron chi connectivity index (χ3n) is 4.13. The number of nitrogens with one attached hydrogen (secondary N) is 2. The Bertz CT molecular complexity index is 698. The first-order valence-corrected chi connectivity index (χ1v) is 7.92.